The first kappa shape index (κ1) is 17.7. The van der Waals surface area contributed by atoms with Crippen LogP contribution in [0.2, 0.25) is 0 Å². The van der Waals surface area contributed by atoms with E-state index in [1.807, 2.05) is 24.3 Å². The number of aliphatic hydroxyl groups excluding tert-OH is 1. The maximum Gasteiger partial charge on any atom is 0.223 e. The Bertz CT molecular complexity index is 397. The molecule has 0 aromatic heterocycles. The third-order valence-electron chi connectivity index (χ3n) is 2.67. The van der Waals surface area contributed by atoms with Crippen molar-refractivity contribution in [2.45, 2.75) is 12.8 Å². The number of carbonyl (C=O) groups is 1. The lowest BCUT2D eigenvalue weighted by Gasteiger charge is -2.08. The van der Waals surface area contributed by atoms with Crippen molar-refractivity contribution in [1.29, 1.82) is 0 Å². The molecular weight excluding hydrogens is 290 g/mol. The molecule has 0 atom stereocenters. The van der Waals surface area contributed by atoms with Crippen LogP contribution < -0.4 is 14.8 Å². The second kappa shape index (κ2) is 11.3. The van der Waals surface area contributed by atoms with Crippen LogP contribution >= 0.6 is 11.8 Å². The van der Waals surface area contributed by atoms with Crippen LogP contribution in [0.1, 0.15) is 12.8 Å². The Balaban J connectivity index is 2.04. The zero-order valence-electron chi connectivity index (χ0n) is 12.3. The Morgan fingerprint density at radius 3 is 2.62 bits per heavy atom. The summed E-state index contributed by atoms with van der Waals surface area (Å²) in [6, 6.07) is 7.26. The molecule has 0 unspecified atom stereocenters. The third kappa shape index (κ3) is 8.47. The normalized spacial score (nSPS) is 10.2. The van der Waals surface area contributed by atoms with Gasteiger partial charge in [0.25, 0.3) is 0 Å². The number of thioether (sulfide) groups is 1. The number of methoxy groups -OCH3 is 1. The smallest absolute Gasteiger partial charge is 0.223 e. The van der Waals surface area contributed by atoms with E-state index in [9.17, 15) is 4.79 Å². The van der Waals surface area contributed by atoms with Crippen LogP contribution in [-0.4, -0.2) is 49.4 Å². The number of amides is 1. The third-order valence-corrected chi connectivity index (χ3v) is 3.74. The molecule has 1 amide bonds. The van der Waals surface area contributed by atoms with E-state index in [1.165, 1.54) is 0 Å². The number of nitrogens with one attached hydrogen (secondary N) is 1. The van der Waals surface area contributed by atoms with Crippen molar-refractivity contribution in [2.24, 2.45) is 0 Å². The van der Waals surface area contributed by atoms with Gasteiger partial charge < -0.3 is 19.9 Å². The summed E-state index contributed by atoms with van der Waals surface area (Å²) < 4.78 is 10.5. The number of hydrogen-bond donors (Lipinski definition) is 2. The molecule has 0 saturated carbocycles. The van der Waals surface area contributed by atoms with Crippen molar-refractivity contribution in [1.82, 2.24) is 5.32 Å². The van der Waals surface area contributed by atoms with Crippen LogP contribution in [0.5, 0.6) is 11.5 Å². The predicted octanol–water partition coefficient (Wildman–Crippen LogP) is 1.70. The molecule has 21 heavy (non-hydrogen) atoms. The number of hydrogen-bond acceptors (Lipinski definition) is 5. The summed E-state index contributed by atoms with van der Waals surface area (Å²) in [4.78, 5) is 11.6. The predicted molar refractivity (Wildman–Crippen MR) is 85.1 cm³/mol. The first-order chi connectivity index (χ1) is 10.3. The summed E-state index contributed by atoms with van der Waals surface area (Å²) in [6.07, 6.45) is 1.14. The van der Waals surface area contributed by atoms with E-state index in [0.717, 1.165) is 29.4 Å². The van der Waals surface area contributed by atoms with Crippen LogP contribution in [0, 0.1) is 0 Å². The molecule has 0 radical (unpaired) electrons. The van der Waals surface area contributed by atoms with Crippen LogP contribution in [0.3, 0.4) is 0 Å². The molecule has 1 aromatic rings. The summed E-state index contributed by atoms with van der Waals surface area (Å²) in [5.41, 5.74) is 0. The first-order valence-electron chi connectivity index (χ1n) is 6.98. The van der Waals surface area contributed by atoms with E-state index in [0.29, 0.717) is 19.6 Å². The van der Waals surface area contributed by atoms with Crippen molar-refractivity contribution in [2.75, 3.05) is 38.4 Å². The molecule has 0 fully saturated rings. The standard InChI is InChI=1S/C15H23NO4S/c1-19-13-3-5-14(6-4-13)20-10-7-15(18)16-8-12-21-11-2-9-17/h3-6,17H,2,7-12H2,1H3,(H,16,18). The van der Waals surface area contributed by atoms with Crippen LogP contribution in [0.25, 0.3) is 0 Å². The highest BCUT2D eigenvalue weighted by Crippen LogP contribution is 2.16. The van der Waals surface area contributed by atoms with Crippen molar-refractivity contribution in [3.05, 3.63) is 24.3 Å². The summed E-state index contributed by atoms with van der Waals surface area (Å²) in [5, 5.41) is 11.5. The van der Waals surface area contributed by atoms with Gasteiger partial charge in [0.05, 0.1) is 20.1 Å². The van der Waals surface area contributed by atoms with Gasteiger partial charge in [-0.05, 0) is 36.4 Å². The molecule has 118 valence electrons. The molecule has 0 aliphatic heterocycles. The van der Waals surface area contributed by atoms with Gasteiger partial charge in [-0.2, -0.15) is 11.8 Å². The highest BCUT2D eigenvalue weighted by Gasteiger charge is 2.02. The molecule has 0 aliphatic rings. The number of rotatable bonds is 11. The highest BCUT2D eigenvalue weighted by atomic mass is 32.2. The molecule has 0 saturated heterocycles. The van der Waals surface area contributed by atoms with Gasteiger partial charge in [-0.3, -0.25) is 4.79 Å². The fraction of sp³-hybridized carbons (Fsp3) is 0.533. The van der Waals surface area contributed by atoms with Gasteiger partial charge in [0.1, 0.15) is 11.5 Å². The molecular formula is C15H23NO4S. The van der Waals surface area contributed by atoms with Gasteiger partial charge in [-0.1, -0.05) is 0 Å². The molecule has 0 spiro atoms. The number of carbonyl (C=O) groups excluding carboxylic acids is 1. The van der Waals surface area contributed by atoms with Crippen molar-refractivity contribution in [3.63, 3.8) is 0 Å². The fourth-order valence-electron chi connectivity index (χ4n) is 1.55. The minimum atomic E-state index is -0.00808. The fourth-order valence-corrected chi connectivity index (χ4v) is 2.34. The minimum Gasteiger partial charge on any atom is -0.497 e. The minimum absolute atomic E-state index is 0.00808. The molecule has 0 heterocycles. The zero-order chi connectivity index (χ0) is 15.3. The van der Waals surface area contributed by atoms with E-state index in [2.05, 4.69) is 5.32 Å². The van der Waals surface area contributed by atoms with Gasteiger partial charge in [0.15, 0.2) is 0 Å². The zero-order valence-corrected chi connectivity index (χ0v) is 13.2. The Labute approximate surface area is 130 Å². The van der Waals surface area contributed by atoms with Crippen molar-refractivity contribution >= 4 is 17.7 Å². The summed E-state index contributed by atoms with van der Waals surface area (Å²) in [5.74, 6) is 3.28. The van der Waals surface area contributed by atoms with Crippen LogP contribution in [0.4, 0.5) is 0 Å². The quantitative estimate of drug-likeness (QED) is 0.609. The molecule has 2 N–H and O–H groups in total. The lowest BCUT2D eigenvalue weighted by atomic mass is 10.3. The van der Waals surface area contributed by atoms with Crippen LogP contribution in [-0.2, 0) is 4.79 Å². The average Bonchev–Trinajstić information content (AvgIpc) is 2.51. The molecule has 1 aromatic carbocycles. The largest absolute Gasteiger partial charge is 0.497 e. The SMILES string of the molecule is COc1ccc(OCCC(=O)NCCSCCCO)cc1. The second-order valence-electron chi connectivity index (χ2n) is 4.31. The van der Waals surface area contributed by atoms with E-state index >= 15 is 0 Å². The number of aliphatic hydroxyl groups is 1. The average molecular weight is 313 g/mol. The Morgan fingerprint density at radius 2 is 1.95 bits per heavy atom. The van der Waals surface area contributed by atoms with E-state index < -0.39 is 0 Å². The van der Waals surface area contributed by atoms with Gasteiger partial charge in [0.2, 0.25) is 5.91 Å². The van der Waals surface area contributed by atoms with Gasteiger partial charge in [-0.15, -0.1) is 0 Å². The summed E-state index contributed by atoms with van der Waals surface area (Å²) in [7, 11) is 1.61. The van der Waals surface area contributed by atoms with Gasteiger partial charge in [0, 0.05) is 18.9 Å². The topological polar surface area (TPSA) is 67.8 Å². The Kier molecular flexibility index (Phi) is 9.48. The number of ether oxygens (including phenoxy) is 2. The van der Waals surface area contributed by atoms with Gasteiger partial charge in [-0.25, -0.2) is 0 Å². The molecule has 5 nitrogen and oxygen atoms in total. The van der Waals surface area contributed by atoms with Crippen molar-refractivity contribution in [3.8, 4) is 11.5 Å². The monoisotopic (exact) mass is 313 g/mol. The highest BCUT2D eigenvalue weighted by molar-refractivity contribution is 7.99. The van der Waals surface area contributed by atoms with E-state index in [4.69, 9.17) is 14.6 Å². The molecule has 0 bridgehead atoms. The first-order valence-corrected chi connectivity index (χ1v) is 8.14. The van der Waals surface area contributed by atoms with E-state index in [1.54, 1.807) is 18.9 Å². The summed E-state index contributed by atoms with van der Waals surface area (Å²) in [6.45, 7) is 1.23. The Morgan fingerprint density at radius 1 is 1.24 bits per heavy atom. The number of benzene rings is 1. The molecule has 1 rings (SSSR count). The summed E-state index contributed by atoms with van der Waals surface area (Å²) >= 11 is 1.73. The second-order valence-corrected chi connectivity index (χ2v) is 5.54. The van der Waals surface area contributed by atoms with Gasteiger partial charge >= 0.3 is 0 Å². The lowest BCUT2D eigenvalue weighted by molar-refractivity contribution is -0.121. The van der Waals surface area contributed by atoms with Crippen molar-refractivity contribution < 1.29 is 19.4 Å². The van der Waals surface area contributed by atoms with E-state index in [-0.39, 0.29) is 12.5 Å². The van der Waals surface area contributed by atoms with Crippen LogP contribution in [0.15, 0.2) is 24.3 Å². The lowest BCUT2D eigenvalue weighted by Crippen LogP contribution is -2.27. The maximum absolute atomic E-state index is 11.6. The Hall–Kier alpha value is -1.40. The molecule has 6 heteroatoms. The maximum atomic E-state index is 11.6. The molecule has 0 aliphatic carbocycles.